The van der Waals surface area contributed by atoms with Crippen LogP contribution < -0.4 is 10.5 Å². The van der Waals surface area contributed by atoms with Gasteiger partial charge in [0, 0.05) is 5.69 Å². The van der Waals surface area contributed by atoms with E-state index in [1.165, 1.54) is 0 Å². The summed E-state index contributed by atoms with van der Waals surface area (Å²) in [5.74, 6) is -1.90. The van der Waals surface area contributed by atoms with E-state index in [1.54, 1.807) is 6.07 Å². The molecule has 84 valence electrons. The zero-order valence-electron chi connectivity index (χ0n) is 7.78. The molecule has 1 aromatic rings. The number of nitrogens with zero attached hydrogens (tertiary/aromatic N) is 1. The van der Waals surface area contributed by atoms with Crippen LogP contribution in [0, 0.1) is 11.3 Å². The third kappa shape index (κ3) is 2.36. The molecule has 1 rings (SSSR count). The lowest BCUT2D eigenvalue weighted by Gasteiger charge is -2.08. The monoisotopic (exact) mass is 228 g/mol. The highest BCUT2D eigenvalue weighted by molar-refractivity contribution is 5.94. The van der Waals surface area contributed by atoms with Gasteiger partial charge in [0.1, 0.15) is 11.8 Å². The Balaban J connectivity index is 3.30. The molecular formula is C9H6F2N2O3. The maximum Gasteiger partial charge on any atom is 0.387 e. The van der Waals surface area contributed by atoms with Crippen molar-refractivity contribution in [3.05, 3.63) is 23.3 Å². The summed E-state index contributed by atoms with van der Waals surface area (Å²) < 4.78 is 27.9. The van der Waals surface area contributed by atoms with Crippen molar-refractivity contribution in [3.63, 3.8) is 0 Å². The second kappa shape index (κ2) is 4.44. The maximum absolute atomic E-state index is 12.0. The van der Waals surface area contributed by atoms with Crippen molar-refractivity contribution in [1.82, 2.24) is 0 Å². The first-order valence-corrected chi connectivity index (χ1v) is 3.97. The van der Waals surface area contributed by atoms with Crippen LogP contribution in [-0.4, -0.2) is 17.7 Å². The second-order valence-corrected chi connectivity index (χ2v) is 2.73. The van der Waals surface area contributed by atoms with Crippen LogP contribution in [0.5, 0.6) is 5.75 Å². The molecule has 3 N–H and O–H groups in total. The van der Waals surface area contributed by atoms with E-state index in [2.05, 4.69) is 4.74 Å². The smallest absolute Gasteiger partial charge is 0.387 e. The van der Waals surface area contributed by atoms with Gasteiger partial charge in [-0.2, -0.15) is 14.0 Å². The highest BCUT2D eigenvalue weighted by atomic mass is 19.3. The number of alkyl halides is 2. The van der Waals surface area contributed by atoms with Gasteiger partial charge in [-0.15, -0.1) is 0 Å². The first-order valence-electron chi connectivity index (χ1n) is 3.97. The van der Waals surface area contributed by atoms with E-state index in [-0.39, 0.29) is 11.3 Å². The fourth-order valence-electron chi connectivity index (χ4n) is 1.06. The van der Waals surface area contributed by atoms with Crippen LogP contribution >= 0.6 is 0 Å². The summed E-state index contributed by atoms with van der Waals surface area (Å²) in [5.41, 5.74) is 4.49. The lowest BCUT2D eigenvalue weighted by atomic mass is 10.1. The number of nitriles is 1. The van der Waals surface area contributed by atoms with Gasteiger partial charge >= 0.3 is 12.6 Å². The van der Waals surface area contributed by atoms with E-state index in [1.807, 2.05) is 0 Å². The number of ether oxygens (including phenoxy) is 1. The minimum absolute atomic E-state index is 0.189. The van der Waals surface area contributed by atoms with Crippen LogP contribution in [-0.2, 0) is 0 Å². The summed E-state index contributed by atoms with van der Waals surface area (Å²) in [7, 11) is 0. The number of benzene rings is 1. The number of anilines is 1. The van der Waals surface area contributed by atoms with Crippen LogP contribution in [0.1, 0.15) is 15.9 Å². The molecule has 0 bridgehead atoms. The average molecular weight is 228 g/mol. The molecule has 0 saturated heterocycles. The number of carboxylic acid groups (broad SMARTS) is 1. The van der Waals surface area contributed by atoms with Gasteiger partial charge < -0.3 is 15.6 Å². The Morgan fingerprint density at radius 3 is 2.62 bits per heavy atom. The average Bonchev–Trinajstić information content (AvgIpc) is 2.18. The zero-order valence-corrected chi connectivity index (χ0v) is 7.78. The molecule has 0 aromatic heterocycles. The molecule has 1 aromatic carbocycles. The van der Waals surface area contributed by atoms with Crippen LogP contribution in [0.2, 0.25) is 0 Å². The number of halogens is 2. The Kier molecular flexibility index (Phi) is 3.25. The predicted molar refractivity (Wildman–Crippen MR) is 49.2 cm³/mol. The normalized spacial score (nSPS) is 9.88. The van der Waals surface area contributed by atoms with Gasteiger partial charge in [0.05, 0.1) is 11.1 Å². The van der Waals surface area contributed by atoms with E-state index >= 15 is 0 Å². The predicted octanol–water partition coefficient (Wildman–Crippen LogP) is 1.44. The summed E-state index contributed by atoms with van der Waals surface area (Å²) >= 11 is 0. The molecule has 0 spiro atoms. The summed E-state index contributed by atoms with van der Waals surface area (Å²) in [6.07, 6.45) is 0. The molecule has 5 nitrogen and oxygen atoms in total. The van der Waals surface area contributed by atoms with Crippen molar-refractivity contribution in [3.8, 4) is 11.8 Å². The fraction of sp³-hybridized carbons (Fsp3) is 0.111. The molecule has 0 aliphatic heterocycles. The molecule has 0 aliphatic carbocycles. The number of carbonyl (C=O) groups is 1. The zero-order chi connectivity index (χ0) is 12.3. The highest BCUT2D eigenvalue weighted by Gasteiger charge is 2.16. The topological polar surface area (TPSA) is 96.3 Å². The Morgan fingerprint density at radius 2 is 2.19 bits per heavy atom. The Morgan fingerprint density at radius 1 is 1.56 bits per heavy atom. The summed E-state index contributed by atoms with van der Waals surface area (Å²) in [4.78, 5) is 10.7. The largest absolute Gasteiger partial charge is 0.478 e. The van der Waals surface area contributed by atoms with Crippen LogP contribution in [0.4, 0.5) is 14.5 Å². The molecule has 0 atom stereocenters. The quantitative estimate of drug-likeness (QED) is 0.763. The highest BCUT2D eigenvalue weighted by Crippen LogP contribution is 2.26. The Labute approximate surface area is 88.7 Å². The molecule has 0 saturated carbocycles. The minimum atomic E-state index is -3.14. The van der Waals surface area contributed by atoms with Gasteiger partial charge in [-0.25, -0.2) is 4.79 Å². The Bertz CT molecular complexity index is 469. The second-order valence-electron chi connectivity index (χ2n) is 2.73. The third-order valence-corrected chi connectivity index (χ3v) is 1.72. The van der Waals surface area contributed by atoms with E-state index in [0.29, 0.717) is 0 Å². The van der Waals surface area contributed by atoms with Crippen molar-refractivity contribution in [2.45, 2.75) is 6.61 Å². The molecule has 0 radical (unpaired) electrons. The van der Waals surface area contributed by atoms with E-state index < -0.39 is 23.9 Å². The van der Waals surface area contributed by atoms with Gasteiger partial charge in [-0.05, 0) is 12.1 Å². The van der Waals surface area contributed by atoms with Crippen molar-refractivity contribution < 1.29 is 23.4 Å². The van der Waals surface area contributed by atoms with Crippen LogP contribution in [0.3, 0.4) is 0 Å². The van der Waals surface area contributed by atoms with E-state index in [4.69, 9.17) is 16.1 Å². The number of rotatable bonds is 3. The van der Waals surface area contributed by atoms with E-state index in [0.717, 1.165) is 12.1 Å². The molecule has 16 heavy (non-hydrogen) atoms. The maximum atomic E-state index is 12.0. The van der Waals surface area contributed by atoms with Crippen molar-refractivity contribution >= 4 is 11.7 Å². The number of nitrogen functional groups attached to an aromatic ring is 1. The van der Waals surface area contributed by atoms with Gasteiger partial charge in [0.2, 0.25) is 0 Å². The van der Waals surface area contributed by atoms with Crippen LogP contribution in [0.25, 0.3) is 0 Å². The lowest BCUT2D eigenvalue weighted by molar-refractivity contribution is -0.0501. The summed E-state index contributed by atoms with van der Waals surface area (Å²) in [6, 6.07) is 3.34. The van der Waals surface area contributed by atoms with Gasteiger partial charge in [-0.3, -0.25) is 0 Å². The number of aromatic carboxylic acids is 1. The fourth-order valence-corrected chi connectivity index (χ4v) is 1.06. The number of carboxylic acids is 1. The molecule has 7 heteroatoms. The summed E-state index contributed by atoms with van der Waals surface area (Å²) in [5, 5.41) is 17.3. The molecule has 0 fully saturated rings. The lowest BCUT2D eigenvalue weighted by Crippen LogP contribution is -2.08. The van der Waals surface area contributed by atoms with Crippen molar-refractivity contribution in [1.29, 1.82) is 5.26 Å². The minimum Gasteiger partial charge on any atom is -0.478 e. The van der Waals surface area contributed by atoms with Gasteiger partial charge in [-0.1, -0.05) is 0 Å². The molecule has 0 amide bonds. The first-order chi connectivity index (χ1) is 7.45. The number of nitrogens with two attached hydrogens (primary N) is 1. The summed E-state index contributed by atoms with van der Waals surface area (Å²) in [6.45, 7) is -3.14. The van der Waals surface area contributed by atoms with Crippen molar-refractivity contribution in [2.75, 3.05) is 5.73 Å². The number of hydrogen-bond donors (Lipinski definition) is 2. The van der Waals surface area contributed by atoms with Crippen LogP contribution in [0.15, 0.2) is 12.1 Å². The van der Waals surface area contributed by atoms with E-state index in [9.17, 15) is 13.6 Å². The SMILES string of the molecule is N#Cc1cc(N)c(C(=O)O)cc1OC(F)F. The van der Waals surface area contributed by atoms with Gasteiger partial charge in [0.25, 0.3) is 0 Å². The Hall–Kier alpha value is -2.36. The number of hydrogen-bond acceptors (Lipinski definition) is 4. The van der Waals surface area contributed by atoms with Gasteiger partial charge in [0.15, 0.2) is 0 Å². The standard InChI is InChI=1S/C9H6F2N2O3/c10-9(11)16-7-2-5(8(14)15)6(13)1-4(7)3-12/h1-2,9H,13H2,(H,14,15). The first kappa shape index (κ1) is 11.7. The third-order valence-electron chi connectivity index (χ3n) is 1.72. The molecule has 0 unspecified atom stereocenters. The molecule has 0 aliphatic rings. The molecular weight excluding hydrogens is 222 g/mol. The molecule has 0 heterocycles. The van der Waals surface area contributed by atoms with Crippen molar-refractivity contribution in [2.24, 2.45) is 0 Å².